The second kappa shape index (κ2) is 7.71. The van der Waals surface area contributed by atoms with Gasteiger partial charge in [0.15, 0.2) is 0 Å². The van der Waals surface area contributed by atoms with Gasteiger partial charge in [-0.1, -0.05) is 90.0 Å². The van der Waals surface area contributed by atoms with Crippen molar-refractivity contribution in [2.24, 2.45) is 0 Å². The van der Waals surface area contributed by atoms with Gasteiger partial charge in [-0.2, -0.15) is 0 Å². The molecule has 0 unspecified atom stereocenters. The van der Waals surface area contributed by atoms with E-state index in [0.717, 1.165) is 11.1 Å². The largest absolute Gasteiger partial charge is 0.123 e. The standard InChI is InChI=1S/C20H15.Rh/c1-4-10-17(11-5-1)16-20(18-12-6-2-7-13-18)19-14-8-3-9-15-19;/h1-15H;/q-1;. The molecule has 0 heterocycles. The van der Waals surface area contributed by atoms with Gasteiger partial charge in [-0.3, -0.25) is 0 Å². The van der Waals surface area contributed by atoms with Crippen molar-refractivity contribution in [1.29, 1.82) is 0 Å². The summed E-state index contributed by atoms with van der Waals surface area (Å²) in [7, 11) is 0. The van der Waals surface area contributed by atoms with E-state index in [1.54, 1.807) is 0 Å². The molecule has 1 radical (unpaired) electrons. The zero-order valence-electron chi connectivity index (χ0n) is 11.5. The van der Waals surface area contributed by atoms with Gasteiger partial charge in [0.2, 0.25) is 0 Å². The third-order valence-corrected chi connectivity index (χ3v) is 3.17. The molecular formula is C20H15Rh-. The van der Waals surface area contributed by atoms with Crippen molar-refractivity contribution in [3.8, 4) is 0 Å². The maximum absolute atomic E-state index is 3.53. The Bertz CT molecular complexity index is 644. The van der Waals surface area contributed by atoms with Gasteiger partial charge < -0.3 is 0 Å². The maximum Gasteiger partial charge on any atom is 0 e. The van der Waals surface area contributed by atoms with Crippen LogP contribution in [0, 0.1) is 6.08 Å². The number of hydrogen-bond donors (Lipinski definition) is 0. The number of benzene rings is 3. The van der Waals surface area contributed by atoms with Gasteiger partial charge in [-0.15, -0.1) is 29.3 Å². The first-order valence-electron chi connectivity index (χ1n) is 6.73. The van der Waals surface area contributed by atoms with E-state index in [-0.39, 0.29) is 19.5 Å². The van der Waals surface area contributed by atoms with Crippen LogP contribution in [-0.4, -0.2) is 0 Å². The predicted octanol–water partition coefficient (Wildman–Crippen LogP) is 4.97. The molecule has 1 heteroatoms. The first-order chi connectivity index (χ1) is 9.93. The molecule has 0 saturated heterocycles. The van der Waals surface area contributed by atoms with E-state index in [1.807, 2.05) is 30.3 Å². The van der Waals surface area contributed by atoms with E-state index in [4.69, 9.17) is 0 Å². The summed E-state index contributed by atoms with van der Waals surface area (Å²) < 4.78 is 0. The van der Waals surface area contributed by atoms with E-state index in [2.05, 4.69) is 66.7 Å². The Morgan fingerprint density at radius 1 is 0.524 bits per heavy atom. The summed E-state index contributed by atoms with van der Waals surface area (Å²) in [4.78, 5) is 0. The molecule has 0 N–H and O–H groups in total. The fourth-order valence-corrected chi connectivity index (χ4v) is 2.19. The number of hydrogen-bond acceptors (Lipinski definition) is 0. The van der Waals surface area contributed by atoms with Crippen LogP contribution in [0.5, 0.6) is 0 Å². The molecule has 0 aliphatic heterocycles. The van der Waals surface area contributed by atoms with Crippen molar-refractivity contribution in [2.75, 3.05) is 0 Å². The number of rotatable bonds is 3. The van der Waals surface area contributed by atoms with Crippen LogP contribution in [0.3, 0.4) is 0 Å². The topological polar surface area (TPSA) is 0 Å². The van der Waals surface area contributed by atoms with Crippen LogP contribution in [0.15, 0.2) is 91.0 Å². The molecular weight excluding hydrogens is 343 g/mol. The fraction of sp³-hybridized carbons (Fsp3) is 0. The molecule has 21 heavy (non-hydrogen) atoms. The second-order valence-corrected chi connectivity index (χ2v) is 4.60. The summed E-state index contributed by atoms with van der Waals surface area (Å²) in [5.74, 6) is 0. The molecule has 3 aromatic carbocycles. The van der Waals surface area contributed by atoms with Crippen molar-refractivity contribution in [3.63, 3.8) is 0 Å². The van der Waals surface area contributed by atoms with E-state index in [9.17, 15) is 0 Å². The maximum atomic E-state index is 3.53. The molecule has 0 fully saturated rings. The quantitative estimate of drug-likeness (QED) is 0.352. The Kier molecular flexibility index (Phi) is 5.66. The van der Waals surface area contributed by atoms with Crippen molar-refractivity contribution >= 4 is 5.57 Å². The third-order valence-electron chi connectivity index (χ3n) is 3.17. The molecule has 0 atom stereocenters. The molecule has 0 saturated carbocycles. The van der Waals surface area contributed by atoms with Gasteiger partial charge in [0.05, 0.1) is 0 Å². The summed E-state index contributed by atoms with van der Waals surface area (Å²) in [6.45, 7) is 0. The van der Waals surface area contributed by atoms with Gasteiger partial charge >= 0.3 is 0 Å². The summed E-state index contributed by atoms with van der Waals surface area (Å²) in [5, 5.41) is 0. The summed E-state index contributed by atoms with van der Waals surface area (Å²) in [6.07, 6.45) is 3.53. The summed E-state index contributed by atoms with van der Waals surface area (Å²) in [5.41, 5.74) is 4.58. The summed E-state index contributed by atoms with van der Waals surface area (Å²) >= 11 is 0. The third kappa shape index (κ3) is 4.00. The monoisotopic (exact) mass is 358 g/mol. The fourth-order valence-electron chi connectivity index (χ4n) is 2.19. The molecule has 105 valence electrons. The Hall–Kier alpha value is -1.98. The van der Waals surface area contributed by atoms with Crippen molar-refractivity contribution in [3.05, 3.63) is 114 Å². The molecule has 0 aliphatic rings. The van der Waals surface area contributed by atoms with Crippen LogP contribution in [0.1, 0.15) is 16.7 Å². The minimum Gasteiger partial charge on any atom is -0.123 e. The van der Waals surface area contributed by atoms with Gasteiger partial charge in [-0.05, 0) is 0 Å². The zero-order valence-corrected chi connectivity index (χ0v) is 13.1. The molecule has 3 rings (SSSR count). The van der Waals surface area contributed by atoms with E-state index in [0.29, 0.717) is 0 Å². The van der Waals surface area contributed by atoms with Crippen molar-refractivity contribution < 1.29 is 19.5 Å². The van der Waals surface area contributed by atoms with Gasteiger partial charge in [0.1, 0.15) is 0 Å². The van der Waals surface area contributed by atoms with Crippen molar-refractivity contribution in [1.82, 2.24) is 0 Å². The first-order valence-corrected chi connectivity index (χ1v) is 6.73. The Morgan fingerprint density at radius 2 is 0.905 bits per heavy atom. The van der Waals surface area contributed by atoms with Crippen molar-refractivity contribution in [2.45, 2.75) is 0 Å². The van der Waals surface area contributed by atoms with E-state index >= 15 is 0 Å². The Balaban J connectivity index is 0.00000161. The van der Waals surface area contributed by atoms with E-state index in [1.165, 1.54) is 11.1 Å². The normalized spacial score (nSPS) is 9.52. The molecule has 0 aliphatic carbocycles. The molecule has 3 aromatic rings. The zero-order chi connectivity index (χ0) is 13.6. The average Bonchev–Trinajstić information content (AvgIpc) is 2.55. The van der Waals surface area contributed by atoms with Crippen LogP contribution >= 0.6 is 0 Å². The second-order valence-electron chi connectivity index (χ2n) is 4.60. The van der Waals surface area contributed by atoms with Gasteiger partial charge in [0, 0.05) is 19.5 Å². The van der Waals surface area contributed by atoms with Gasteiger partial charge in [-0.25, -0.2) is 0 Å². The minimum absolute atomic E-state index is 0. The average molecular weight is 358 g/mol. The first kappa shape index (κ1) is 15.4. The van der Waals surface area contributed by atoms with Crippen LogP contribution in [-0.2, 0) is 19.5 Å². The smallest absolute Gasteiger partial charge is 0 e. The molecule has 0 bridgehead atoms. The molecule has 0 aromatic heterocycles. The Morgan fingerprint density at radius 3 is 1.33 bits per heavy atom. The predicted molar refractivity (Wildman–Crippen MR) is 84.2 cm³/mol. The molecule has 0 amide bonds. The Labute approximate surface area is 138 Å². The van der Waals surface area contributed by atoms with E-state index < -0.39 is 0 Å². The van der Waals surface area contributed by atoms with Crippen LogP contribution < -0.4 is 0 Å². The molecule has 0 nitrogen and oxygen atoms in total. The SMILES string of the molecule is [C-](=C(c1ccccc1)c1ccccc1)c1ccccc1.[Rh]. The van der Waals surface area contributed by atoms with Gasteiger partial charge in [0.25, 0.3) is 0 Å². The van der Waals surface area contributed by atoms with Crippen LogP contribution in [0.4, 0.5) is 0 Å². The summed E-state index contributed by atoms with van der Waals surface area (Å²) in [6, 6.07) is 31.1. The van der Waals surface area contributed by atoms with Crippen LogP contribution in [0.25, 0.3) is 5.57 Å². The van der Waals surface area contributed by atoms with Crippen LogP contribution in [0.2, 0.25) is 0 Å². The molecule has 0 spiro atoms. The minimum atomic E-state index is 0.